The van der Waals surface area contributed by atoms with Gasteiger partial charge in [-0.3, -0.25) is 0 Å². The first kappa shape index (κ1) is 14.4. The molecule has 0 aliphatic rings. The smallest absolute Gasteiger partial charge is 0.203 e. The molecule has 2 N–H and O–H groups in total. The molecule has 2 aromatic rings. The van der Waals surface area contributed by atoms with Gasteiger partial charge in [0.1, 0.15) is 5.82 Å². The molecule has 0 aliphatic carbocycles. The Morgan fingerprint density at radius 2 is 2.16 bits per heavy atom. The van der Waals surface area contributed by atoms with E-state index in [-0.39, 0.29) is 12.6 Å². The molecule has 0 amide bonds. The van der Waals surface area contributed by atoms with E-state index in [4.69, 9.17) is 0 Å². The van der Waals surface area contributed by atoms with Gasteiger partial charge in [-0.05, 0) is 0 Å². The van der Waals surface area contributed by atoms with Crippen LogP contribution in [-0.2, 0) is 6.42 Å². The van der Waals surface area contributed by atoms with Gasteiger partial charge in [-0.15, -0.1) is 11.3 Å². The van der Waals surface area contributed by atoms with Crippen LogP contribution >= 0.6 is 22.9 Å². The SMILES string of the molecule is CCc1nsc(N[C@H](CO)c2csc(C(C)C)n2)n1. The molecule has 2 heterocycles. The zero-order chi connectivity index (χ0) is 13.8. The van der Waals surface area contributed by atoms with Gasteiger partial charge in [-0.2, -0.15) is 4.37 Å². The largest absolute Gasteiger partial charge is 0.394 e. The number of aromatic nitrogens is 3. The van der Waals surface area contributed by atoms with Crippen molar-refractivity contribution in [3.05, 3.63) is 21.9 Å². The second-order valence-electron chi connectivity index (χ2n) is 4.51. The standard InChI is InChI=1S/C12H18N4OS2/c1-4-10-15-12(19-16-10)14-8(5-17)9-6-18-11(13-9)7(2)3/h6-8,17H,4-5H2,1-3H3,(H,14,15,16)/t8-/m1/s1. The number of thiazole rings is 1. The summed E-state index contributed by atoms with van der Waals surface area (Å²) in [6.45, 7) is 6.23. The predicted molar refractivity (Wildman–Crippen MR) is 78.9 cm³/mol. The molecule has 19 heavy (non-hydrogen) atoms. The van der Waals surface area contributed by atoms with Crippen molar-refractivity contribution in [2.75, 3.05) is 11.9 Å². The van der Waals surface area contributed by atoms with E-state index < -0.39 is 0 Å². The highest BCUT2D eigenvalue weighted by atomic mass is 32.1. The number of aliphatic hydroxyl groups is 1. The summed E-state index contributed by atoms with van der Waals surface area (Å²) < 4.78 is 4.22. The molecule has 0 fully saturated rings. The van der Waals surface area contributed by atoms with Crippen LogP contribution in [0.5, 0.6) is 0 Å². The lowest BCUT2D eigenvalue weighted by atomic mass is 10.2. The third-order valence-corrected chi connectivity index (χ3v) is 4.50. The predicted octanol–water partition coefficient (Wildman–Crippen LogP) is 2.83. The number of hydrogen-bond donors (Lipinski definition) is 2. The normalized spacial score (nSPS) is 12.9. The van der Waals surface area contributed by atoms with E-state index in [9.17, 15) is 5.11 Å². The van der Waals surface area contributed by atoms with Crippen molar-refractivity contribution >= 4 is 28.0 Å². The number of aryl methyl sites for hydroxylation is 1. The monoisotopic (exact) mass is 298 g/mol. The summed E-state index contributed by atoms with van der Waals surface area (Å²) in [5, 5.41) is 16.5. The summed E-state index contributed by atoms with van der Waals surface area (Å²) in [7, 11) is 0. The molecule has 0 aliphatic heterocycles. The van der Waals surface area contributed by atoms with Crippen LogP contribution in [0.3, 0.4) is 0 Å². The Morgan fingerprint density at radius 3 is 2.68 bits per heavy atom. The van der Waals surface area contributed by atoms with Crippen LogP contribution in [0, 0.1) is 0 Å². The molecular weight excluding hydrogens is 280 g/mol. The minimum Gasteiger partial charge on any atom is -0.394 e. The van der Waals surface area contributed by atoms with Crippen molar-refractivity contribution < 1.29 is 5.11 Å². The Balaban J connectivity index is 2.10. The fourth-order valence-corrected chi connectivity index (χ4v) is 3.14. The fraction of sp³-hybridized carbons (Fsp3) is 0.583. The molecule has 0 saturated heterocycles. The molecule has 2 aromatic heterocycles. The summed E-state index contributed by atoms with van der Waals surface area (Å²) >= 11 is 2.94. The topological polar surface area (TPSA) is 70.9 Å². The Kier molecular flexibility index (Phi) is 4.84. The molecule has 1 atom stereocenters. The van der Waals surface area contributed by atoms with E-state index in [2.05, 4.69) is 33.5 Å². The van der Waals surface area contributed by atoms with Crippen LogP contribution in [0.4, 0.5) is 5.13 Å². The number of nitrogens with zero attached hydrogens (tertiary/aromatic N) is 3. The van der Waals surface area contributed by atoms with E-state index in [1.165, 1.54) is 11.5 Å². The van der Waals surface area contributed by atoms with Gasteiger partial charge in [0, 0.05) is 29.3 Å². The van der Waals surface area contributed by atoms with Gasteiger partial charge >= 0.3 is 0 Å². The molecule has 104 valence electrons. The summed E-state index contributed by atoms with van der Waals surface area (Å²) in [6.07, 6.45) is 0.816. The Morgan fingerprint density at radius 1 is 1.37 bits per heavy atom. The molecule has 0 aromatic carbocycles. The van der Waals surface area contributed by atoms with Crippen molar-refractivity contribution in [1.29, 1.82) is 0 Å². The van der Waals surface area contributed by atoms with Crippen LogP contribution in [0.25, 0.3) is 0 Å². The highest BCUT2D eigenvalue weighted by Gasteiger charge is 2.17. The first-order valence-electron chi connectivity index (χ1n) is 6.29. The van der Waals surface area contributed by atoms with Crippen molar-refractivity contribution in [3.8, 4) is 0 Å². The number of rotatable bonds is 6. The second-order valence-corrected chi connectivity index (χ2v) is 6.16. The van der Waals surface area contributed by atoms with E-state index in [1.807, 2.05) is 12.3 Å². The lowest BCUT2D eigenvalue weighted by Gasteiger charge is -2.12. The first-order valence-corrected chi connectivity index (χ1v) is 7.94. The van der Waals surface area contributed by atoms with Crippen LogP contribution in [0.2, 0.25) is 0 Å². The van der Waals surface area contributed by atoms with Crippen molar-refractivity contribution in [3.63, 3.8) is 0 Å². The van der Waals surface area contributed by atoms with Gasteiger partial charge in [0.25, 0.3) is 0 Å². The molecule has 0 saturated carbocycles. The Bertz CT molecular complexity index is 523. The van der Waals surface area contributed by atoms with Crippen molar-refractivity contribution in [1.82, 2.24) is 14.3 Å². The number of hydrogen-bond acceptors (Lipinski definition) is 7. The third kappa shape index (κ3) is 3.49. The highest BCUT2D eigenvalue weighted by Crippen LogP contribution is 2.25. The van der Waals surface area contributed by atoms with E-state index >= 15 is 0 Å². The number of nitrogens with one attached hydrogen (secondary N) is 1. The minimum absolute atomic E-state index is 0.0116. The lowest BCUT2D eigenvalue weighted by Crippen LogP contribution is -2.15. The quantitative estimate of drug-likeness (QED) is 0.858. The maximum atomic E-state index is 9.51. The Hall–Kier alpha value is -1.05. The lowest BCUT2D eigenvalue weighted by molar-refractivity contribution is 0.274. The zero-order valence-corrected chi connectivity index (χ0v) is 12.9. The van der Waals surface area contributed by atoms with Gasteiger partial charge in [-0.25, -0.2) is 9.97 Å². The van der Waals surface area contributed by atoms with Crippen LogP contribution in [0.1, 0.15) is 49.3 Å². The van der Waals surface area contributed by atoms with E-state index in [1.54, 1.807) is 11.3 Å². The fourth-order valence-electron chi connectivity index (χ4n) is 1.54. The molecule has 5 nitrogen and oxygen atoms in total. The highest BCUT2D eigenvalue weighted by molar-refractivity contribution is 7.10. The van der Waals surface area contributed by atoms with Gasteiger partial charge < -0.3 is 10.4 Å². The molecule has 0 spiro atoms. The third-order valence-electron chi connectivity index (χ3n) is 2.66. The summed E-state index contributed by atoms with van der Waals surface area (Å²) in [5.74, 6) is 1.23. The molecule has 0 unspecified atom stereocenters. The van der Waals surface area contributed by atoms with Gasteiger partial charge in [-0.1, -0.05) is 20.8 Å². The minimum atomic E-state index is -0.221. The first-order chi connectivity index (χ1) is 9.13. The number of anilines is 1. The van der Waals surface area contributed by atoms with E-state index in [0.29, 0.717) is 5.92 Å². The van der Waals surface area contributed by atoms with Crippen LogP contribution < -0.4 is 5.32 Å². The summed E-state index contributed by atoms with van der Waals surface area (Å²) in [4.78, 5) is 8.90. The maximum Gasteiger partial charge on any atom is 0.203 e. The average Bonchev–Trinajstić information content (AvgIpc) is 3.04. The second kappa shape index (κ2) is 6.40. The molecule has 0 bridgehead atoms. The van der Waals surface area contributed by atoms with Gasteiger partial charge in [0.2, 0.25) is 5.13 Å². The molecule has 0 radical (unpaired) electrons. The van der Waals surface area contributed by atoms with Crippen LogP contribution in [0.15, 0.2) is 5.38 Å². The zero-order valence-electron chi connectivity index (χ0n) is 11.3. The van der Waals surface area contributed by atoms with E-state index in [0.717, 1.165) is 28.1 Å². The van der Waals surface area contributed by atoms with Crippen LogP contribution in [-0.4, -0.2) is 26.1 Å². The van der Waals surface area contributed by atoms with Gasteiger partial charge in [0.05, 0.1) is 23.4 Å². The van der Waals surface area contributed by atoms with Gasteiger partial charge in [0.15, 0.2) is 0 Å². The molecule has 7 heteroatoms. The molecular formula is C12H18N4OS2. The summed E-state index contributed by atoms with van der Waals surface area (Å²) in [5.41, 5.74) is 0.865. The number of aliphatic hydroxyl groups excluding tert-OH is 1. The average molecular weight is 298 g/mol. The Labute approximate surface area is 120 Å². The summed E-state index contributed by atoms with van der Waals surface area (Å²) in [6, 6.07) is -0.221. The molecule has 2 rings (SSSR count). The maximum absolute atomic E-state index is 9.51. The van der Waals surface area contributed by atoms with Crippen molar-refractivity contribution in [2.24, 2.45) is 0 Å². The van der Waals surface area contributed by atoms with Crippen molar-refractivity contribution in [2.45, 2.75) is 39.2 Å².